The Labute approximate surface area is 87.4 Å². The van der Waals surface area contributed by atoms with Gasteiger partial charge in [0.15, 0.2) is 0 Å². The average molecular weight is 205 g/mol. The van der Waals surface area contributed by atoms with Crippen LogP contribution >= 0.6 is 0 Å². The van der Waals surface area contributed by atoms with Crippen molar-refractivity contribution >= 4 is 5.69 Å². The number of aromatic nitrogens is 2. The maximum Gasteiger partial charge on any atom is 0.148 e. The van der Waals surface area contributed by atoms with Crippen LogP contribution in [-0.4, -0.2) is 9.55 Å². The van der Waals surface area contributed by atoms with Crippen LogP contribution in [0.15, 0.2) is 24.4 Å². The summed E-state index contributed by atoms with van der Waals surface area (Å²) in [5.41, 5.74) is 7.21. The van der Waals surface area contributed by atoms with Crippen molar-refractivity contribution in [1.82, 2.24) is 9.55 Å². The van der Waals surface area contributed by atoms with E-state index in [-0.39, 0.29) is 5.69 Å². The van der Waals surface area contributed by atoms with Crippen LogP contribution in [0.4, 0.5) is 10.1 Å². The third-order valence-electron chi connectivity index (χ3n) is 2.26. The van der Waals surface area contributed by atoms with Crippen molar-refractivity contribution in [2.75, 3.05) is 5.73 Å². The number of nitrogens with two attached hydrogens (primary N) is 1. The lowest BCUT2D eigenvalue weighted by atomic mass is 10.2. The van der Waals surface area contributed by atoms with Gasteiger partial charge in [-0.2, -0.15) is 0 Å². The summed E-state index contributed by atoms with van der Waals surface area (Å²) in [7, 11) is 0. The quantitative estimate of drug-likeness (QED) is 0.725. The van der Waals surface area contributed by atoms with E-state index in [1.807, 2.05) is 24.6 Å². The van der Waals surface area contributed by atoms with Crippen molar-refractivity contribution in [3.05, 3.63) is 41.7 Å². The minimum absolute atomic E-state index is 0.160. The minimum Gasteiger partial charge on any atom is -0.396 e. The zero-order valence-electron chi connectivity index (χ0n) is 8.66. The Hall–Kier alpha value is -1.84. The Morgan fingerprint density at radius 2 is 2.07 bits per heavy atom. The molecule has 3 nitrogen and oxygen atoms in total. The van der Waals surface area contributed by atoms with Gasteiger partial charge in [-0.25, -0.2) is 9.37 Å². The first-order valence-corrected chi connectivity index (χ1v) is 4.66. The predicted octanol–water partition coefficient (Wildman–Crippen LogP) is 2.21. The van der Waals surface area contributed by atoms with Crippen molar-refractivity contribution in [2.24, 2.45) is 0 Å². The minimum atomic E-state index is -0.404. The molecule has 0 saturated heterocycles. The molecule has 0 unspecified atom stereocenters. The average Bonchev–Trinajstić information content (AvgIpc) is 2.50. The number of imidazole rings is 1. The van der Waals surface area contributed by atoms with Crippen LogP contribution in [0.1, 0.15) is 11.5 Å². The Morgan fingerprint density at radius 1 is 1.33 bits per heavy atom. The van der Waals surface area contributed by atoms with Gasteiger partial charge in [-0.1, -0.05) is 0 Å². The molecule has 0 aliphatic rings. The standard InChI is InChI=1S/C11H12FN3/c1-7-6-15(8(2)14-7)9-3-4-11(13)10(12)5-9/h3-6H,13H2,1-2H3. The molecule has 1 aromatic heterocycles. The summed E-state index contributed by atoms with van der Waals surface area (Å²) in [6.07, 6.45) is 1.86. The molecular formula is C11H12FN3. The monoisotopic (exact) mass is 205 g/mol. The molecule has 2 rings (SSSR count). The number of aryl methyl sites for hydroxylation is 2. The number of benzene rings is 1. The van der Waals surface area contributed by atoms with Gasteiger partial charge < -0.3 is 10.3 Å². The first-order valence-electron chi connectivity index (χ1n) is 4.66. The van der Waals surface area contributed by atoms with E-state index in [4.69, 9.17) is 5.73 Å². The fourth-order valence-corrected chi connectivity index (χ4v) is 1.55. The molecule has 1 aromatic carbocycles. The van der Waals surface area contributed by atoms with Crippen LogP contribution in [0.25, 0.3) is 5.69 Å². The van der Waals surface area contributed by atoms with Gasteiger partial charge in [-0.3, -0.25) is 0 Å². The topological polar surface area (TPSA) is 43.8 Å². The molecule has 0 atom stereocenters. The molecule has 0 fully saturated rings. The maximum atomic E-state index is 13.2. The summed E-state index contributed by atoms with van der Waals surface area (Å²) in [4.78, 5) is 4.25. The Balaban J connectivity index is 2.54. The Kier molecular flexibility index (Phi) is 2.19. The van der Waals surface area contributed by atoms with Crippen molar-refractivity contribution in [2.45, 2.75) is 13.8 Å². The molecule has 4 heteroatoms. The van der Waals surface area contributed by atoms with E-state index in [1.165, 1.54) is 6.07 Å². The van der Waals surface area contributed by atoms with E-state index in [2.05, 4.69) is 4.98 Å². The highest BCUT2D eigenvalue weighted by molar-refractivity contribution is 5.47. The van der Waals surface area contributed by atoms with Gasteiger partial charge in [0.25, 0.3) is 0 Å². The van der Waals surface area contributed by atoms with E-state index in [1.54, 1.807) is 12.1 Å². The molecular weight excluding hydrogens is 193 g/mol. The van der Waals surface area contributed by atoms with Crippen molar-refractivity contribution < 1.29 is 4.39 Å². The fraction of sp³-hybridized carbons (Fsp3) is 0.182. The lowest BCUT2D eigenvalue weighted by molar-refractivity contribution is 0.631. The molecule has 1 heterocycles. The van der Waals surface area contributed by atoms with Gasteiger partial charge in [0.2, 0.25) is 0 Å². The molecule has 2 N–H and O–H groups in total. The van der Waals surface area contributed by atoms with E-state index < -0.39 is 5.82 Å². The third kappa shape index (κ3) is 1.70. The lowest BCUT2D eigenvalue weighted by Gasteiger charge is -2.05. The molecule has 0 aliphatic carbocycles. The molecule has 0 aliphatic heterocycles. The van der Waals surface area contributed by atoms with Crippen molar-refractivity contribution in [3.8, 4) is 5.69 Å². The normalized spacial score (nSPS) is 10.6. The zero-order valence-corrected chi connectivity index (χ0v) is 8.66. The molecule has 78 valence electrons. The molecule has 15 heavy (non-hydrogen) atoms. The van der Waals surface area contributed by atoms with Crippen LogP contribution in [0.5, 0.6) is 0 Å². The molecule has 0 bridgehead atoms. The predicted molar refractivity (Wildman–Crippen MR) is 57.4 cm³/mol. The number of anilines is 1. The second kappa shape index (κ2) is 3.38. The first-order chi connectivity index (χ1) is 7.08. The van der Waals surface area contributed by atoms with Crippen LogP contribution < -0.4 is 5.73 Å². The van der Waals surface area contributed by atoms with Crippen LogP contribution in [-0.2, 0) is 0 Å². The third-order valence-corrected chi connectivity index (χ3v) is 2.26. The Bertz CT molecular complexity index is 503. The van der Waals surface area contributed by atoms with Gasteiger partial charge in [0.1, 0.15) is 11.6 Å². The largest absolute Gasteiger partial charge is 0.396 e. The summed E-state index contributed by atoms with van der Waals surface area (Å²) >= 11 is 0. The summed E-state index contributed by atoms with van der Waals surface area (Å²) < 4.78 is 15.1. The van der Waals surface area contributed by atoms with Gasteiger partial charge in [-0.05, 0) is 26.0 Å². The van der Waals surface area contributed by atoms with Gasteiger partial charge in [0, 0.05) is 18.0 Å². The highest BCUT2D eigenvalue weighted by atomic mass is 19.1. The highest BCUT2D eigenvalue weighted by Crippen LogP contribution is 2.17. The van der Waals surface area contributed by atoms with E-state index in [0.29, 0.717) is 0 Å². The number of nitrogen functional groups attached to an aromatic ring is 1. The molecule has 0 saturated carbocycles. The summed E-state index contributed by atoms with van der Waals surface area (Å²) in [6, 6.07) is 4.73. The van der Waals surface area contributed by atoms with Crippen LogP contribution in [0.2, 0.25) is 0 Å². The number of rotatable bonds is 1. The summed E-state index contributed by atoms with van der Waals surface area (Å²) in [6.45, 7) is 3.78. The second-order valence-corrected chi connectivity index (χ2v) is 3.51. The second-order valence-electron chi connectivity index (χ2n) is 3.51. The number of nitrogens with zero attached hydrogens (tertiary/aromatic N) is 2. The van der Waals surface area contributed by atoms with E-state index >= 15 is 0 Å². The number of halogens is 1. The highest BCUT2D eigenvalue weighted by Gasteiger charge is 2.05. The van der Waals surface area contributed by atoms with Crippen LogP contribution in [0, 0.1) is 19.7 Å². The zero-order chi connectivity index (χ0) is 11.0. The molecule has 0 radical (unpaired) electrons. The summed E-state index contributed by atoms with van der Waals surface area (Å²) in [5, 5.41) is 0. The van der Waals surface area contributed by atoms with Crippen molar-refractivity contribution in [1.29, 1.82) is 0 Å². The first kappa shape index (κ1) is 9.71. The number of hydrogen-bond donors (Lipinski definition) is 1. The SMILES string of the molecule is Cc1cn(-c2ccc(N)c(F)c2)c(C)n1. The molecule has 2 aromatic rings. The van der Waals surface area contributed by atoms with Gasteiger partial charge >= 0.3 is 0 Å². The van der Waals surface area contributed by atoms with Gasteiger partial charge in [0.05, 0.1) is 11.4 Å². The number of hydrogen-bond acceptors (Lipinski definition) is 2. The smallest absolute Gasteiger partial charge is 0.148 e. The lowest BCUT2D eigenvalue weighted by Crippen LogP contribution is -1.98. The van der Waals surface area contributed by atoms with E-state index in [0.717, 1.165) is 17.2 Å². The van der Waals surface area contributed by atoms with Crippen molar-refractivity contribution in [3.63, 3.8) is 0 Å². The maximum absolute atomic E-state index is 13.2. The van der Waals surface area contributed by atoms with Gasteiger partial charge in [-0.15, -0.1) is 0 Å². The van der Waals surface area contributed by atoms with Crippen LogP contribution in [0.3, 0.4) is 0 Å². The molecule has 0 amide bonds. The molecule has 0 spiro atoms. The Morgan fingerprint density at radius 3 is 2.60 bits per heavy atom. The fourth-order valence-electron chi connectivity index (χ4n) is 1.55. The summed E-state index contributed by atoms with van der Waals surface area (Å²) in [5.74, 6) is 0.426. The van der Waals surface area contributed by atoms with E-state index in [9.17, 15) is 4.39 Å².